The van der Waals surface area contributed by atoms with E-state index >= 15 is 0 Å². The van der Waals surface area contributed by atoms with Crippen molar-refractivity contribution in [3.63, 3.8) is 0 Å². The summed E-state index contributed by atoms with van der Waals surface area (Å²) < 4.78 is 12.8. The van der Waals surface area contributed by atoms with Crippen molar-refractivity contribution in [1.29, 1.82) is 0 Å². The van der Waals surface area contributed by atoms with Gasteiger partial charge in [-0.3, -0.25) is 0 Å². The van der Waals surface area contributed by atoms with E-state index in [9.17, 15) is 9.18 Å². The van der Waals surface area contributed by atoms with Crippen molar-refractivity contribution in [2.75, 3.05) is 17.2 Å². The highest BCUT2D eigenvalue weighted by molar-refractivity contribution is 6.00. The fourth-order valence-electron chi connectivity index (χ4n) is 1.67. The Labute approximate surface area is 122 Å². The lowest BCUT2D eigenvalue weighted by Gasteiger charge is -2.09. The molecule has 0 aliphatic rings. The van der Waals surface area contributed by atoms with Gasteiger partial charge in [0.1, 0.15) is 5.82 Å². The van der Waals surface area contributed by atoms with Crippen molar-refractivity contribution in [3.05, 3.63) is 59.9 Å². The van der Waals surface area contributed by atoms with Crippen molar-refractivity contribution in [3.8, 4) is 11.8 Å². The Morgan fingerprint density at radius 1 is 1.10 bits per heavy atom. The number of benzene rings is 2. The minimum atomic E-state index is -0.427. The number of urea groups is 1. The molecule has 0 aliphatic carbocycles. The van der Waals surface area contributed by atoms with E-state index in [-0.39, 0.29) is 12.4 Å². The molecule has 0 aromatic heterocycles. The summed E-state index contributed by atoms with van der Waals surface area (Å²) in [4.78, 5) is 11.9. The lowest BCUT2D eigenvalue weighted by Crippen LogP contribution is -2.20. The molecule has 21 heavy (non-hydrogen) atoms. The summed E-state index contributed by atoms with van der Waals surface area (Å²) in [5.41, 5.74) is 7.10. The lowest BCUT2D eigenvalue weighted by atomic mass is 10.2. The van der Waals surface area contributed by atoms with Gasteiger partial charge in [-0.15, -0.1) is 0 Å². The fourth-order valence-corrected chi connectivity index (χ4v) is 1.67. The number of nitrogens with two attached hydrogens (primary N) is 1. The maximum absolute atomic E-state index is 12.8. The van der Waals surface area contributed by atoms with Crippen molar-refractivity contribution in [2.24, 2.45) is 5.73 Å². The van der Waals surface area contributed by atoms with Gasteiger partial charge in [0.15, 0.2) is 0 Å². The summed E-state index contributed by atoms with van der Waals surface area (Å²) in [5, 5.41) is 5.31. The van der Waals surface area contributed by atoms with Crippen LogP contribution in [0.25, 0.3) is 0 Å². The zero-order valence-electron chi connectivity index (χ0n) is 11.2. The summed E-state index contributed by atoms with van der Waals surface area (Å²) in [5.74, 6) is 5.26. The molecule has 0 fully saturated rings. The predicted molar refractivity (Wildman–Crippen MR) is 81.4 cm³/mol. The first-order valence-corrected chi connectivity index (χ1v) is 6.30. The Morgan fingerprint density at radius 2 is 1.81 bits per heavy atom. The third-order valence-electron chi connectivity index (χ3n) is 2.60. The SMILES string of the molecule is NCC#Cc1ccccc1NC(=O)Nc1ccc(F)cc1. The Hall–Kier alpha value is -2.84. The molecule has 2 amide bonds. The molecule has 4 nitrogen and oxygen atoms in total. The van der Waals surface area contributed by atoms with Crippen LogP contribution in [-0.4, -0.2) is 12.6 Å². The van der Waals surface area contributed by atoms with Crippen molar-refractivity contribution < 1.29 is 9.18 Å². The number of nitrogens with one attached hydrogen (secondary N) is 2. The van der Waals surface area contributed by atoms with Gasteiger partial charge < -0.3 is 16.4 Å². The van der Waals surface area contributed by atoms with Crippen LogP contribution in [0.4, 0.5) is 20.6 Å². The molecule has 0 saturated heterocycles. The number of carbonyl (C=O) groups excluding carboxylic acids is 1. The van der Waals surface area contributed by atoms with Crippen molar-refractivity contribution >= 4 is 17.4 Å². The third-order valence-corrected chi connectivity index (χ3v) is 2.60. The Kier molecular flexibility index (Phi) is 4.91. The van der Waals surface area contributed by atoms with Crippen molar-refractivity contribution in [1.82, 2.24) is 0 Å². The minimum Gasteiger partial charge on any atom is -0.320 e. The van der Waals surface area contributed by atoms with Crippen LogP contribution in [0.1, 0.15) is 5.56 Å². The van der Waals surface area contributed by atoms with Gasteiger partial charge in [-0.2, -0.15) is 0 Å². The molecule has 2 aromatic carbocycles. The third kappa shape index (κ3) is 4.34. The summed E-state index contributed by atoms with van der Waals surface area (Å²) in [7, 11) is 0. The van der Waals surface area contributed by atoms with Gasteiger partial charge >= 0.3 is 6.03 Å². The second-order valence-electron chi connectivity index (χ2n) is 4.14. The number of para-hydroxylation sites is 1. The summed E-state index contributed by atoms with van der Waals surface area (Å²) in [6.45, 7) is 0.246. The van der Waals surface area contributed by atoms with E-state index in [0.717, 1.165) is 0 Å². The molecule has 2 rings (SSSR count). The maximum Gasteiger partial charge on any atom is 0.323 e. The number of anilines is 2. The normalized spacial score (nSPS) is 9.43. The molecule has 2 aromatic rings. The van der Waals surface area contributed by atoms with Gasteiger partial charge in [0.05, 0.1) is 12.2 Å². The van der Waals surface area contributed by atoms with Crippen LogP contribution in [0.5, 0.6) is 0 Å². The smallest absolute Gasteiger partial charge is 0.320 e. The molecule has 0 spiro atoms. The molecule has 0 radical (unpaired) electrons. The standard InChI is InChI=1S/C16H14FN3O/c17-13-7-9-14(10-8-13)19-16(21)20-15-6-2-1-4-12(15)5-3-11-18/h1-2,4,6-10H,11,18H2,(H2,19,20,21). The highest BCUT2D eigenvalue weighted by Crippen LogP contribution is 2.15. The average molecular weight is 283 g/mol. The number of amides is 2. The first-order valence-electron chi connectivity index (χ1n) is 6.30. The topological polar surface area (TPSA) is 67.1 Å². The van der Waals surface area contributed by atoms with E-state index in [0.29, 0.717) is 16.9 Å². The Bertz CT molecular complexity index is 687. The van der Waals surface area contributed by atoms with E-state index in [1.807, 2.05) is 6.07 Å². The summed E-state index contributed by atoms with van der Waals surface area (Å²) in [6, 6.07) is 12.2. The maximum atomic E-state index is 12.8. The predicted octanol–water partition coefficient (Wildman–Crippen LogP) is 2.78. The van der Waals surface area contributed by atoms with Gasteiger partial charge in [-0.1, -0.05) is 24.0 Å². The highest BCUT2D eigenvalue weighted by Gasteiger charge is 2.05. The number of hydrogen-bond donors (Lipinski definition) is 3. The Balaban J connectivity index is 2.07. The molecule has 5 heteroatoms. The molecular weight excluding hydrogens is 269 g/mol. The quantitative estimate of drug-likeness (QED) is 0.742. The van der Waals surface area contributed by atoms with E-state index in [4.69, 9.17) is 5.73 Å². The molecule has 0 heterocycles. The molecule has 106 valence electrons. The summed E-state index contributed by atoms with van der Waals surface area (Å²) >= 11 is 0. The van der Waals surface area contributed by atoms with Crippen LogP contribution in [0.3, 0.4) is 0 Å². The number of halogens is 1. The number of carbonyl (C=O) groups is 1. The van der Waals surface area contributed by atoms with E-state index in [2.05, 4.69) is 22.5 Å². The van der Waals surface area contributed by atoms with Crippen LogP contribution in [0.15, 0.2) is 48.5 Å². The first-order chi connectivity index (χ1) is 10.2. The van der Waals surface area contributed by atoms with Gasteiger partial charge in [0.25, 0.3) is 0 Å². The lowest BCUT2D eigenvalue weighted by molar-refractivity contribution is 0.262. The molecule has 0 unspecified atom stereocenters. The second-order valence-corrected chi connectivity index (χ2v) is 4.14. The minimum absolute atomic E-state index is 0.246. The van der Waals surface area contributed by atoms with Crippen molar-refractivity contribution in [2.45, 2.75) is 0 Å². The molecule has 0 bridgehead atoms. The zero-order valence-corrected chi connectivity index (χ0v) is 11.2. The first kappa shape index (κ1) is 14.6. The fraction of sp³-hybridized carbons (Fsp3) is 0.0625. The van der Waals surface area contributed by atoms with E-state index in [1.165, 1.54) is 24.3 Å². The Morgan fingerprint density at radius 3 is 2.52 bits per heavy atom. The summed E-state index contributed by atoms with van der Waals surface area (Å²) in [6.07, 6.45) is 0. The van der Waals surface area contributed by atoms with Crippen LogP contribution in [0, 0.1) is 17.7 Å². The van der Waals surface area contributed by atoms with E-state index in [1.54, 1.807) is 18.2 Å². The molecular formula is C16H14FN3O. The largest absolute Gasteiger partial charge is 0.323 e. The average Bonchev–Trinajstić information content (AvgIpc) is 2.49. The molecule has 0 atom stereocenters. The van der Waals surface area contributed by atoms with Crippen LogP contribution in [-0.2, 0) is 0 Å². The molecule has 0 saturated carbocycles. The number of rotatable bonds is 2. The second kappa shape index (κ2) is 7.08. The number of hydrogen-bond acceptors (Lipinski definition) is 2. The van der Waals surface area contributed by atoms with Gasteiger partial charge in [0.2, 0.25) is 0 Å². The van der Waals surface area contributed by atoms with E-state index < -0.39 is 6.03 Å². The molecule has 0 aliphatic heterocycles. The zero-order chi connectivity index (χ0) is 15.1. The van der Waals surface area contributed by atoms with Crippen LogP contribution in [0.2, 0.25) is 0 Å². The van der Waals surface area contributed by atoms with Gasteiger partial charge in [0, 0.05) is 11.3 Å². The highest BCUT2D eigenvalue weighted by atomic mass is 19.1. The van der Waals surface area contributed by atoms with Gasteiger partial charge in [-0.05, 0) is 36.4 Å². The van der Waals surface area contributed by atoms with Crippen LogP contribution < -0.4 is 16.4 Å². The van der Waals surface area contributed by atoms with Crippen LogP contribution >= 0.6 is 0 Å². The molecule has 4 N–H and O–H groups in total. The monoisotopic (exact) mass is 283 g/mol. The van der Waals surface area contributed by atoms with Gasteiger partial charge in [-0.25, -0.2) is 9.18 Å².